The molecule has 1 saturated heterocycles. The van der Waals surface area contributed by atoms with Crippen LogP contribution in [0.3, 0.4) is 0 Å². The normalized spacial score (nSPS) is 14.9. The number of benzene rings is 3. The topological polar surface area (TPSA) is 75.7 Å². The summed E-state index contributed by atoms with van der Waals surface area (Å²) in [5.74, 6) is -1.18. The van der Waals surface area contributed by atoms with Crippen LogP contribution in [-0.4, -0.2) is 17.8 Å². The molecule has 1 N–H and O–H groups in total. The van der Waals surface area contributed by atoms with Crippen LogP contribution >= 0.6 is 34.8 Å². The summed E-state index contributed by atoms with van der Waals surface area (Å²) < 4.78 is 5.92. The van der Waals surface area contributed by atoms with Gasteiger partial charge in [0.15, 0.2) is 0 Å². The van der Waals surface area contributed by atoms with E-state index in [4.69, 9.17) is 39.5 Å². The predicted molar refractivity (Wildman–Crippen MR) is 137 cm³/mol. The molecule has 0 aliphatic carbocycles. The standard InChI is InChI=1S/C26H19Cl3N2O4/c1-14-3-6-19(9-15(14)2)31-25(33)20(24(32)30-26(31)34)12-17-11-18(27)5-8-23(17)35-13-16-4-7-21(28)22(29)10-16/h3-12H,13H2,1-2H3,(H,30,32,34)/b20-12+. The van der Waals surface area contributed by atoms with E-state index in [2.05, 4.69) is 5.32 Å². The van der Waals surface area contributed by atoms with E-state index in [-0.39, 0.29) is 12.2 Å². The Kier molecular flexibility index (Phi) is 7.17. The monoisotopic (exact) mass is 528 g/mol. The summed E-state index contributed by atoms with van der Waals surface area (Å²) in [6.07, 6.45) is 1.36. The zero-order valence-corrected chi connectivity index (χ0v) is 21.0. The number of nitrogens with one attached hydrogen (secondary N) is 1. The Bertz CT molecular complexity index is 1400. The first-order valence-corrected chi connectivity index (χ1v) is 11.6. The highest BCUT2D eigenvalue weighted by molar-refractivity contribution is 6.42. The lowest BCUT2D eigenvalue weighted by atomic mass is 10.0. The lowest BCUT2D eigenvalue weighted by Crippen LogP contribution is -2.54. The first-order chi connectivity index (χ1) is 16.6. The van der Waals surface area contributed by atoms with Crippen molar-refractivity contribution in [2.75, 3.05) is 4.90 Å². The van der Waals surface area contributed by atoms with Gasteiger partial charge in [0, 0.05) is 10.6 Å². The number of hydrogen-bond acceptors (Lipinski definition) is 4. The van der Waals surface area contributed by atoms with E-state index in [9.17, 15) is 14.4 Å². The minimum atomic E-state index is -0.817. The van der Waals surface area contributed by atoms with Gasteiger partial charge in [-0.2, -0.15) is 0 Å². The van der Waals surface area contributed by atoms with Crippen molar-refractivity contribution in [3.05, 3.63) is 97.5 Å². The second-order valence-corrected chi connectivity index (χ2v) is 9.20. The molecule has 1 heterocycles. The molecule has 178 valence electrons. The molecule has 3 aromatic carbocycles. The summed E-state index contributed by atoms with van der Waals surface area (Å²) >= 11 is 18.2. The largest absolute Gasteiger partial charge is 0.488 e. The number of carbonyl (C=O) groups is 3. The molecule has 0 aromatic heterocycles. The summed E-state index contributed by atoms with van der Waals surface area (Å²) in [6, 6.07) is 14.3. The van der Waals surface area contributed by atoms with E-state index in [1.807, 2.05) is 13.8 Å². The van der Waals surface area contributed by atoms with Crippen LogP contribution in [0.1, 0.15) is 22.3 Å². The molecule has 0 bridgehead atoms. The third-order valence-electron chi connectivity index (χ3n) is 5.50. The zero-order chi connectivity index (χ0) is 25.3. The summed E-state index contributed by atoms with van der Waals surface area (Å²) in [7, 11) is 0. The van der Waals surface area contributed by atoms with E-state index in [0.29, 0.717) is 32.1 Å². The first-order valence-electron chi connectivity index (χ1n) is 10.5. The number of barbiturate groups is 1. The molecule has 9 heteroatoms. The Hall–Kier alpha value is -3.32. The van der Waals surface area contributed by atoms with Gasteiger partial charge in [0.1, 0.15) is 17.9 Å². The third kappa shape index (κ3) is 5.35. The van der Waals surface area contributed by atoms with Crippen molar-refractivity contribution in [2.45, 2.75) is 20.5 Å². The fourth-order valence-electron chi connectivity index (χ4n) is 3.47. The Labute approximate surface area is 217 Å². The van der Waals surface area contributed by atoms with Gasteiger partial charge < -0.3 is 4.74 Å². The molecular weight excluding hydrogens is 511 g/mol. The molecule has 0 radical (unpaired) electrons. The third-order valence-corrected chi connectivity index (χ3v) is 6.47. The van der Waals surface area contributed by atoms with Crippen molar-refractivity contribution in [1.82, 2.24) is 5.32 Å². The lowest BCUT2D eigenvalue weighted by Gasteiger charge is -2.27. The smallest absolute Gasteiger partial charge is 0.335 e. The number of halogens is 3. The van der Waals surface area contributed by atoms with E-state index >= 15 is 0 Å². The molecular formula is C26H19Cl3N2O4. The number of nitrogens with zero attached hydrogens (tertiary/aromatic N) is 1. The van der Waals surface area contributed by atoms with Gasteiger partial charge in [-0.1, -0.05) is 46.9 Å². The van der Waals surface area contributed by atoms with Gasteiger partial charge in [0.25, 0.3) is 11.8 Å². The number of anilines is 1. The molecule has 1 fully saturated rings. The maximum Gasteiger partial charge on any atom is 0.335 e. The predicted octanol–water partition coefficient (Wildman–Crippen LogP) is 6.51. The quantitative estimate of drug-likeness (QED) is 0.302. The van der Waals surface area contributed by atoms with Crippen molar-refractivity contribution in [2.24, 2.45) is 0 Å². The van der Waals surface area contributed by atoms with Crippen molar-refractivity contribution >= 4 is 64.4 Å². The molecule has 0 spiro atoms. The van der Waals surface area contributed by atoms with E-state index in [1.54, 1.807) is 54.6 Å². The molecule has 6 nitrogen and oxygen atoms in total. The van der Waals surface area contributed by atoms with Crippen LogP contribution < -0.4 is 15.0 Å². The Balaban J connectivity index is 1.67. The van der Waals surface area contributed by atoms with Gasteiger partial charge in [0.2, 0.25) is 0 Å². The average molecular weight is 530 g/mol. The Morgan fingerprint density at radius 1 is 0.886 bits per heavy atom. The van der Waals surface area contributed by atoms with Gasteiger partial charge >= 0.3 is 6.03 Å². The van der Waals surface area contributed by atoms with Gasteiger partial charge in [0.05, 0.1) is 15.7 Å². The Morgan fingerprint density at radius 2 is 1.66 bits per heavy atom. The second-order valence-electron chi connectivity index (χ2n) is 7.95. The van der Waals surface area contributed by atoms with Crippen molar-refractivity contribution in [1.29, 1.82) is 0 Å². The van der Waals surface area contributed by atoms with Crippen molar-refractivity contribution < 1.29 is 19.1 Å². The number of hydrogen-bond donors (Lipinski definition) is 1. The van der Waals surface area contributed by atoms with Crippen LogP contribution in [0.2, 0.25) is 15.1 Å². The number of urea groups is 1. The van der Waals surface area contributed by atoms with Gasteiger partial charge in [-0.25, -0.2) is 9.69 Å². The van der Waals surface area contributed by atoms with E-state index in [0.717, 1.165) is 21.6 Å². The van der Waals surface area contributed by atoms with Crippen molar-refractivity contribution in [3.63, 3.8) is 0 Å². The zero-order valence-electron chi connectivity index (χ0n) is 18.7. The molecule has 35 heavy (non-hydrogen) atoms. The average Bonchev–Trinajstić information content (AvgIpc) is 2.80. The van der Waals surface area contributed by atoms with Crippen LogP contribution in [0.4, 0.5) is 10.5 Å². The van der Waals surface area contributed by atoms with Crippen molar-refractivity contribution in [3.8, 4) is 5.75 Å². The van der Waals surface area contributed by atoms with Crippen LogP contribution in [0.25, 0.3) is 6.08 Å². The van der Waals surface area contributed by atoms with Crippen LogP contribution in [0, 0.1) is 13.8 Å². The van der Waals surface area contributed by atoms with Crippen LogP contribution in [-0.2, 0) is 16.2 Å². The highest BCUT2D eigenvalue weighted by Crippen LogP contribution is 2.30. The molecule has 0 atom stereocenters. The SMILES string of the molecule is Cc1ccc(N2C(=O)NC(=O)/C(=C\c3cc(Cl)ccc3OCc3ccc(Cl)c(Cl)c3)C2=O)cc1C. The van der Waals surface area contributed by atoms with E-state index in [1.165, 1.54) is 6.08 Å². The molecule has 4 rings (SSSR count). The molecule has 4 amide bonds. The van der Waals surface area contributed by atoms with Gasteiger partial charge in [-0.05, 0) is 79.1 Å². The van der Waals surface area contributed by atoms with Crippen LogP contribution in [0.5, 0.6) is 5.75 Å². The number of amides is 4. The molecule has 0 saturated carbocycles. The van der Waals surface area contributed by atoms with Gasteiger partial charge in [-0.15, -0.1) is 0 Å². The summed E-state index contributed by atoms with van der Waals surface area (Å²) in [6.45, 7) is 3.95. The first kappa shape index (κ1) is 24.8. The summed E-state index contributed by atoms with van der Waals surface area (Å²) in [4.78, 5) is 39.3. The molecule has 0 unspecified atom stereocenters. The number of aryl methyl sites for hydroxylation is 2. The summed E-state index contributed by atoms with van der Waals surface area (Å²) in [5, 5.41) is 3.43. The minimum Gasteiger partial charge on any atom is -0.488 e. The fraction of sp³-hybridized carbons (Fsp3) is 0.115. The highest BCUT2D eigenvalue weighted by Gasteiger charge is 2.37. The van der Waals surface area contributed by atoms with Gasteiger partial charge in [-0.3, -0.25) is 14.9 Å². The fourth-order valence-corrected chi connectivity index (χ4v) is 3.97. The van der Waals surface area contributed by atoms with E-state index < -0.39 is 17.8 Å². The summed E-state index contributed by atoms with van der Waals surface area (Å²) in [5.41, 5.74) is 3.20. The molecule has 1 aliphatic rings. The Morgan fingerprint density at radius 3 is 2.37 bits per heavy atom. The minimum absolute atomic E-state index is 0.155. The number of ether oxygens (including phenoxy) is 1. The molecule has 3 aromatic rings. The second kappa shape index (κ2) is 10.1. The van der Waals surface area contributed by atoms with Crippen LogP contribution in [0.15, 0.2) is 60.2 Å². The number of carbonyl (C=O) groups excluding carboxylic acids is 3. The molecule has 1 aliphatic heterocycles. The number of imide groups is 2. The number of rotatable bonds is 5. The maximum atomic E-state index is 13.3. The lowest BCUT2D eigenvalue weighted by molar-refractivity contribution is -0.122. The highest BCUT2D eigenvalue weighted by atomic mass is 35.5. The maximum absolute atomic E-state index is 13.3.